The van der Waals surface area contributed by atoms with E-state index in [1.54, 1.807) is 11.9 Å². The van der Waals surface area contributed by atoms with Gasteiger partial charge >= 0.3 is 0 Å². The Morgan fingerprint density at radius 3 is 2.40 bits per heavy atom. The van der Waals surface area contributed by atoms with Gasteiger partial charge in [-0.3, -0.25) is 14.4 Å². The summed E-state index contributed by atoms with van der Waals surface area (Å²) in [7, 11) is 1.70. The molecule has 1 saturated heterocycles. The molecule has 4 heteroatoms. The fraction of sp³-hybridized carbons (Fsp3) is 0.727. The third kappa shape index (κ3) is 4.23. The molecule has 0 radical (unpaired) electrons. The van der Waals surface area contributed by atoms with Crippen LogP contribution in [0.3, 0.4) is 0 Å². The normalized spacial score (nSPS) is 21.4. The van der Waals surface area contributed by atoms with Crippen LogP contribution >= 0.6 is 0 Å². The number of ketones is 2. The summed E-state index contributed by atoms with van der Waals surface area (Å²) in [6, 6.07) is 0. The molecule has 0 aliphatic carbocycles. The quantitative estimate of drug-likeness (QED) is 0.560. The van der Waals surface area contributed by atoms with Gasteiger partial charge in [0, 0.05) is 20.0 Å². The molecule has 1 rings (SSSR count). The van der Waals surface area contributed by atoms with Crippen LogP contribution < -0.4 is 0 Å². The maximum Gasteiger partial charge on any atom is 0.229 e. The van der Waals surface area contributed by atoms with Crippen LogP contribution in [0.25, 0.3) is 0 Å². The van der Waals surface area contributed by atoms with Gasteiger partial charge in [-0.2, -0.15) is 0 Å². The summed E-state index contributed by atoms with van der Waals surface area (Å²) in [6.07, 6.45) is 2.96. The standard InChI is InChI=1S/C11H17NO3/c1-12-6-4-2-3-5-9(13)7-10(14)8-11(12)15/h2-8H2,1H3. The first-order valence-electron chi connectivity index (χ1n) is 5.37. The van der Waals surface area contributed by atoms with E-state index in [0.29, 0.717) is 13.0 Å². The number of hydrogen-bond donors (Lipinski definition) is 0. The zero-order chi connectivity index (χ0) is 11.3. The van der Waals surface area contributed by atoms with Crippen molar-refractivity contribution in [2.75, 3.05) is 13.6 Å². The lowest BCUT2D eigenvalue weighted by Crippen LogP contribution is -2.29. The molecule has 0 bridgehead atoms. The molecule has 0 aromatic carbocycles. The van der Waals surface area contributed by atoms with Crippen LogP contribution in [0.2, 0.25) is 0 Å². The predicted octanol–water partition coefficient (Wildman–Crippen LogP) is 0.937. The van der Waals surface area contributed by atoms with Crippen molar-refractivity contribution in [2.45, 2.75) is 38.5 Å². The molecule has 1 aliphatic heterocycles. The van der Waals surface area contributed by atoms with Crippen molar-refractivity contribution in [3.63, 3.8) is 0 Å². The summed E-state index contributed by atoms with van der Waals surface area (Å²) in [4.78, 5) is 35.6. The number of carbonyl (C=O) groups is 3. The second-order valence-corrected chi connectivity index (χ2v) is 4.06. The molecule has 1 aliphatic rings. The molecule has 0 aromatic rings. The number of Topliss-reactive ketones (excluding diaryl/α,β-unsaturated/α-hetero) is 2. The van der Waals surface area contributed by atoms with Gasteiger partial charge in [0.05, 0.1) is 12.8 Å². The fourth-order valence-electron chi connectivity index (χ4n) is 1.65. The number of nitrogens with zero attached hydrogens (tertiary/aromatic N) is 1. The lowest BCUT2D eigenvalue weighted by Gasteiger charge is -2.15. The van der Waals surface area contributed by atoms with E-state index in [0.717, 1.165) is 19.3 Å². The van der Waals surface area contributed by atoms with Crippen molar-refractivity contribution in [2.24, 2.45) is 0 Å². The lowest BCUT2D eigenvalue weighted by molar-refractivity contribution is -0.135. The van der Waals surface area contributed by atoms with Gasteiger partial charge in [-0.05, 0) is 12.8 Å². The molecular formula is C11H17NO3. The average Bonchev–Trinajstić information content (AvgIpc) is 2.17. The second kappa shape index (κ2) is 5.63. The van der Waals surface area contributed by atoms with E-state index >= 15 is 0 Å². The lowest BCUT2D eigenvalue weighted by atomic mass is 10.1. The molecular weight excluding hydrogens is 194 g/mol. The van der Waals surface area contributed by atoms with Crippen LogP contribution in [0.4, 0.5) is 0 Å². The molecule has 1 heterocycles. The molecule has 0 saturated carbocycles. The van der Waals surface area contributed by atoms with Crippen LogP contribution in [-0.2, 0) is 14.4 Å². The maximum atomic E-state index is 11.5. The highest BCUT2D eigenvalue weighted by atomic mass is 16.2. The van der Waals surface area contributed by atoms with Crippen molar-refractivity contribution in [1.29, 1.82) is 0 Å². The number of hydrogen-bond acceptors (Lipinski definition) is 3. The van der Waals surface area contributed by atoms with Gasteiger partial charge in [0.25, 0.3) is 0 Å². The third-order valence-electron chi connectivity index (χ3n) is 2.62. The minimum Gasteiger partial charge on any atom is -0.345 e. The van der Waals surface area contributed by atoms with Crippen LogP contribution in [0.1, 0.15) is 38.5 Å². The number of carbonyl (C=O) groups excluding carboxylic acids is 3. The van der Waals surface area contributed by atoms with Crippen LogP contribution in [0.15, 0.2) is 0 Å². The Labute approximate surface area is 89.6 Å². The largest absolute Gasteiger partial charge is 0.345 e. The van der Waals surface area contributed by atoms with E-state index in [1.807, 2.05) is 0 Å². The molecule has 0 N–H and O–H groups in total. The van der Waals surface area contributed by atoms with Crippen LogP contribution in [-0.4, -0.2) is 36.0 Å². The van der Waals surface area contributed by atoms with Gasteiger partial charge in [0.15, 0.2) is 0 Å². The van der Waals surface area contributed by atoms with Crippen molar-refractivity contribution in [3.05, 3.63) is 0 Å². The van der Waals surface area contributed by atoms with Crippen molar-refractivity contribution >= 4 is 17.5 Å². The zero-order valence-corrected chi connectivity index (χ0v) is 9.12. The maximum absolute atomic E-state index is 11.5. The van der Waals surface area contributed by atoms with E-state index in [4.69, 9.17) is 0 Å². The summed E-state index contributed by atoms with van der Waals surface area (Å²) in [6.45, 7) is 0.681. The van der Waals surface area contributed by atoms with Crippen LogP contribution in [0.5, 0.6) is 0 Å². The molecule has 4 nitrogen and oxygen atoms in total. The Morgan fingerprint density at radius 2 is 1.67 bits per heavy atom. The Morgan fingerprint density at radius 1 is 0.933 bits per heavy atom. The van der Waals surface area contributed by atoms with Gasteiger partial charge in [0.1, 0.15) is 11.6 Å². The van der Waals surface area contributed by atoms with Gasteiger partial charge in [-0.25, -0.2) is 0 Å². The first kappa shape index (κ1) is 11.9. The molecule has 84 valence electrons. The summed E-state index contributed by atoms with van der Waals surface area (Å²) in [5, 5.41) is 0. The Bertz CT molecular complexity index is 273. The topological polar surface area (TPSA) is 54.5 Å². The fourth-order valence-corrected chi connectivity index (χ4v) is 1.65. The van der Waals surface area contributed by atoms with Gasteiger partial charge < -0.3 is 4.90 Å². The summed E-state index contributed by atoms with van der Waals surface area (Å²) < 4.78 is 0. The Kier molecular flexibility index (Phi) is 4.46. The number of amides is 1. The predicted molar refractivity (Wildman–Crippen MR) is 55.4 cm³/mol. The van der Waals surface area contributed by atoms with Gasteiger partial charge in [0.2, 0.25) is 5.91 Å². The molecule has 15 heavy (non-hydrogen) atoms. The molecule has 0 spiro atoms. The third-order valence-corrected chi connectivity index (χ3v) is 2.62. The number of rotatable bonds is 0. The van der Waals surface area contributed by atoms with E-state index < -0.39 is 0 Å². The first-order valence-corrected chi connectivity index (χ1v) is 5.37. The van der Waals surface area contributed by atoms with Gasteiger partial charge in [-0.1, -0.05) is 6.42 Å². The zero-order valence-electron chi connectivity index (χ0n) is 9.12. The SMILES string of the molecule is CN1CCCCCC(=O)CC(=O)CC1=O. The van der Waals surface area contributed by atoms with E-state index in [-0.39, 0.29) is 30.3 Å². The molecule has 1 amide bonds. The van der Waals surface area contributed by atoms with Gasteiger partial charge in [-0.15, -0.1) is 0 Å². The Balaban J connectivity index is 2.58. The summed E-state index contributed by atoms with van der Waals surface area (Å²) in [5.74, 6) is -0.453. The van der Waals surface area contributed by atoms with Crippen molar-refractivity contribution in [1.82, 2.24) is 4.90 Å². The van der Waals surface area contributed by atoms with Crippen molar-refractivity contribution < 1.29 is 14.4 Å². The van der Waals surface area contributed by atoms with Crippen LogP contribution in [0, 0.1) is 0 Å². The second-order valence-electron chi connectivity index (χ2n) is 4.06. The highest BCUT2D eigenvalue weighted by Gasteiger charge is 2.17. The minimum atomic E-state index is -0.251. The highest BCUT2D eigenvalue weighted by Crippen LogP contribution is 2.08. The molecule has 0 aromatic heterocycles. The van der Waals surface area contributed by atoms with E-state index in [9.17, 15) is 14.4 Å². The molecule has 0 atom stereocenters. The average molecular weight is 211 g/mol. The molecule has 0 unspecified atom stereocenters. The van der Waals surface area contributed by atoms with E-state index in [2.05, 4.69) is 0 Å². The minimum absolute atomic E-state index is 0.0302. The van der Waals surface area contributed by atoms with Crippen molar-refractivity contribution in [3.8, 4) is 0 Å². The summed E-state index contributed by atoms with van der Waals surface area (Å²) in [5.41, 5.74) is 0. The smallest absolute Gasteiger partial charge is 0.229 e. The molecule has 1 fully saturated rings. The first-order chi connectivity index (χ1) is 7.09. The monoisotopic (exact) mass is 211 g/mol. The summed E-state index contributed by atoms with van der Waals surface area (Å²) >= 11 is 0. The van der Waals surface area contributed by atoms with E-state index in [1.165, 1.54) is 0 Å². The Hall–Kier alpha value is -1.19. The highest BCUT2D eigenvalue weighted by molar-refractivity contribution is 6.06.